The lowest BCUT2D eigenvalue weighted by Gasteiger charge is -2.21. The molecule has 2 saturated heterocycles. The molecule has 1 aromatic heterocycles. The van der Waals surface area contributed by atoms with Gasteiger partial charge < -0.3 is 14.6 Å². The molecule has 2 atom stereocenters. The van der Waals surface area contributed by atoms with Crippen molar-refractivity contribution in [1.29, 1.82) is 0 Å². The normalized spacial score (nSPS) is 32.8. The van der Waals surface area contributed by atoms with Gasteiger partial charge in [-0.1, -0.05) is 5.16 Å². The van der Waals surface area contributed by atoms with E-state index in [0.717, 1.165) is 50.7 Å². The first-order valence-electron chi connectivity index (χ1n) is 6.94. The van der Waals surface area contributed by atoms with Crippen molar-refractivity contribution in [1.82, 2.24) is 15.5 Å². The van der Waals surface area contributed by atoms with Gasteiger partial charge in [-0.15, -0.1) is 0 Å². The molecule has 0 amide bonds. The Kier molecular flexibility index (Phi) is 3.35. The Labute approximate surface area is 107 Å². The van der Waals surface area contributed by atoms with Crippen LogP contribution in [0.1, 0.15) is 44.3 Å². The third-order valence-corrected chi connectivity index (χ3v) is 4.02. The molecule has 2 unspecified atom stereocenters. The monoisotopic (exact) mass is 251 g/mol. The number of nitrogens with one attached hydrogen (secondary N) is 1. The molecule has 5 heteroatoms. The van der Waals surface area contributed by atoms with Crippen molar-refractivity contribution < 1.29 is 9.26 Å². The summed E-state index contributed by atoms with van der Waals surface area (Å²) in [6.07, 6.45) is 5.44. The van der Waals surface area contributed by atoms with Crippen LogP contribution in [0, 0.1) is 5.92 Å². The molecular weight excluding hydrogens is 230 g/mol. The van der Waals surface area contributed by atoms with E-state index in [4.69, 9.17) is 9.26 Å². The highest BCUT2D eigenvalue weighted by molar-refractivity contribution is 5.02. The highest BCUT2D eigenvalue weighted by Crippen LogP contribution is 2.33. The van der Waals surface area contributed by atoms with Gasteiger partial charge in [0.15, 0.2) is 0 Å². The largest absolute Gasteiger partial charge is 0.367 e. The van der Waals surface area contributed by atoms with Crippen molar-refractivity contribution in [2.75, 3.05) is 19.7 Å². The number of aromatic nitrogens is 2. The lowest BCUT2D eigenvalue weighted by atomic mass is 9.96. The van der Waals surface area contributed by atoms with E-state index in [-0.39, 0.29) is 5.60 Å². The maximum absolute atomic E-state index is 5.73. The standard InChI is InChI=1S/C13H21N3O2/c1-13(5-3-7-17-13)12-15-11(18-16-12)8-10-4-2-6-14-9-10/h10,14H,2-9H2,1H3. The molecule has 0 aliphatic carbocycles. The molecule has 100 valence electrons. The van der Waals surface area contributed by atoms with Crippen molar-refractivity contribution in [3.8, 4) is 0 Å². The number of piperidine rings is 1. The van der Waals surface area contributed by atoms with Crippen LogP contribution in [0.3, 0.4) is 0 Å². The van der Waals surface area contributed by atoms with Crippen LogP contribution in [-0.4, -0.2) is 29.8 Å². The summed E-state index contributed by atoms with van der Waals surface area (Å²) in [5, 5.41) is 7.51. The summed E-state index contributed by atoms with van der Waals surface area (Å²) in [6.45, 7) is 5.05. The molecule has 2 aliphatic heterocycles. The minimum atomic E-state index is -0.327. The summed E-state index contributed by atoms with van der Waals surface area (Å²) in [7, 11) is 0. The maximum atomic E-state index is 5.73. The zero-order chi connectivity index (χ0) is 12.4. The number of rotatable bonds is 3. The van der Waals surface area contributed by atoms with Crippen LogP contribution >= 0.6 is 0 Å². The summed E-state index contributed by atoms with van der Waals surface area (Å²) >= 11 is 0. The van der Waals surface area contributed by atoms with Gasteiger partial charge in [0, 0.05) is 13.0 Å². The highest BCUT2D eigenvalue weighted by Gasteiger charge is 2.36. The molecule has 3 heterocycles. The van der Waals surface area contributed by atoms with Gasteiger partial charge in [-0.3, -0.25) is 0 Å². The quantitative estimate of drug-likeness (QED) is 0.885. The molecule has 0 radical (unpaired) electrons. The van der Waals surface area contributed by atoms with E-state index in [9.17, 15) is 0 Å². The lowest BCUT2D eigenvalue weighted by molar-refractivity contribution is 0.00768. The molecule has 0 aromatic carbocycles. The molecule has 3 rings (SSSR count). The Morgan fingerprint density at radius 1 is 1.44 bits per heavy atom. The van der Waals surface area contributed by atoms with E-state index >= 15 is 0 Å². The number of hydrogen-bond acceptors (Lipinski definition) is 5. The predicted octanol–water partition coefficient (Wildman–Crippen LogP) is 1.64. The fourth-order valence-corrected chi connectivity index (χ4v) is 2.85. The second-order valence-corrected chi connectivity index (χ2v) is 5.61. The smallest absolute Gasteiger partial charge is 0.227 e. The maximum Gasteiger partial charge on any atom is 0.227 e. The van der Waals surface area contributed by atoms with E-state index in [2.05, 4.69) is 22.4 Å². The Morgan fingerprint density at radius 2 is 2.39 bits per heavy atom. The Morgan fingerprint density at radius 3 is 3.11 bits per heavy atom. The van der Waals surface area contributed by atoms with Gasteiger partial charge in [0.25, 0.3) is 0 Å². The van der Waals surface area contributed by atoms with E-state index in [1.165, 1.54) is 12.8 Å². The van der Waals surface area contributed by atoms with Crippen molar-refractivity contribution in [3.63, 3.8) is 0 Å². The second-order valence-electron chi connectivity index (χ2n) is 5.61. The zero-order valence-corrected chi connectivity index (χ0v) is 10.9. The third-order valence-electron chi connectivity index (χ3n) is 4.02. The van der Waals surface area contributed by atoms with Crippen molar-refractivity contribution in [2.45, 2.75) is 44.6 Å². The first kappa shape index (κ1) is 12.1. The predicted molar refractivity (Wildman–Crippen MR) is 66.1 cm³/mol. The van der Waals surface area contributed by atoms with Crippen LogP contribution in [0.25, 0.3) is 0 Å². The van der Waals surface area contributed by atoms with Gasteiger partial charge in [0.05, 0.1) is 0 Å². The Bertz CT molecular complexity index is 393. The van der Waals surface area contributed by atoms with Crippen LogP contribution in [0.2, 0.25) is 0 Å². The molecular formula is C13H21N3O2. The van der Waals surface area contributed by atoms with E-state index in [1.807, 2.05) is 0 Å². The summed E-state index contributed by atoms with van der Waals surface area (Å²) in [4.78, 5) is 4.53. The first-order valence-corrected chi connectivity index (χ1v) is 6.94. The fraction of sp³-hybridized carbons (Fsp3) is 0.846. The van der Waals surface area contributed by atoms with Gasteiger partial charge in [0.1, 0.15) is 5.60 Å². The van der Waals surface area contributed by atoms with Gasteiger partial charge in [0.2, 0.25) is 11.7 Å². The molecule has 2 aliphatic rings. The Balaban J connectivity index is 1.65. The van der Waals surface area contributed by atoms with E-state index in [0.29, 0.717) is 5.92 Å². The molecule has 0 spiro atoms. The number of hydrogen-bond donors (Lipinski definition) is 1. The lowest BCUT2D eigenvalue weighted by Crippen LogP contribution is -2.31. The second kappa shape index (κ2) is 4.97. The molecule has 18 heavy (non-hydrogen) atoms. The fourth-order valence-electron chi connectivity index (χ4n) is 2.85. The number of ether oxygens (including phenoxy) is 1. The summed E-state index contributed by atoms with van der Waals surface area (Å²) < 4.78 is 11.1. The van der Waals surface area contributed by atoms with Crippen LogP contribution in [0.4, 0.5) is 0 Å². The first-order chi connectivity index (χ1) is 8.76. The zero-order valence-electron chi connectivity index (χ0n) is 10.9. The van der Waals surface area contributed by atoms with Crippen molar-refractivity contribution >= 4 is 0 Å². The van der Waals surface area contributed by atoms with Gasteiger partial charge in [-0.25, -0.2) is 0 Å². The van der Waals surface area contributed by atoms with Gasteiger partial charge >= 0.3 is 0 Å². The van der Waals surface area contributed by atoms with Crippen LogP contribution < -0.4 is 5.32 Å². The van der Waals surface area contributed by atoms with Gasteiger partial charge in [-0.05, 0) is 51.6 Å². The van der Waals surface area contributed by atoms with E-state index < -0.39 is 0 Å². The summed E-state index contributed by atoms with van der Waals surface area (Å²) in [6, 6.07) is 0. The molecule has 5 nitrogen and oxygen atoms in total. The SMILES string of the molecule is CC1(c2noc(CC3CCCNC3)n2)CCCO1. The minimum Gasteiger partial charge on any atom is -0.367 e. The van der Waals surface area contributed by atoms with Crippen LogP contribution in [0.15, 0.2) is 4.52 Å². The molecule has 0 bridgehead atoms. The third kappa shape index (κ3) is 2.42. The number of nitrogens with zero attached hydrogens (tertiary/aromatic N) is 2. The average Bonchev–Trinajstić information content (AvgIpc) is 3.01. The van der Waals surface area contributed by atoms with Gasteiger partial charge in [-0.2, -0.15) is 4.98 Å². The van der Waals surface area contributed by atoms with Crippen molar-refractivity contribution in [2.24, 2.45) is 5.92 Å². The minimum absolute atomic E-state index is 0.327. The Hall–Kier alpha value is -0.940. The highest BCUT2D eigenvalue weighted by atomic mass is 16.5. The van der Waals surface area contributed by atoms with Crippen LogP contribution in [-0.2, 0) is 16.8 Å². The molecule has 2 fully saturated rings. The molecule has 0 saturated carbocycles. The molecule has 1 aromatic rings. The topological polar surface area (TPSA) is 60.2 Å². The average molecular weight is 251 g/mol. The summed E-state index contributed by atoms with van der Waals surface area (Å²) in [5.74, 6) is 2.11. The van der Waals surface area contributed by atoms with E-state index in [1.54, 1.807) is 0 Å². The van der Waals surface area contributed by atoms with Crippen molar-refractivity contribution in [3.05, 3.63) is 11.7 Å². The summed E-state index contributed by atoms with van der Waals surface area (Å²) in [5.41, 5.74) is -0.327. The van der Waals surface area contributed by atoms with Crippen LogP contribution in [0.5, 0.6) is 0 Å². The molecule has 1 N–H and O–H groups in total.